The van der Waals surface area contributed by atoms with Crippen molar-refractivity contribution >= 4 is 6.29 Å². The molecule has 1 heterocycles. The van der Waals surface area contributed by atoms with Gasteiger partial charge < -0.3 is 14.2 Å². The predicted octanol–water partition coefficient (Wildman–Crippen LogP) is 3.50. The fourth-order valence-corrected chi connectivity index (χ4v) is 2.14. The van der Waals surface area contributed by atoms with Gasteiger partial charge in [-0.25, -0.2) is 0 Å². The fourth-order valence-electron chi connectivity index (χ4n) is 2.14. The molecule has 0 radical (unpaired) electrons. The lowest BCUT2D eigenvalue weighted by molar-refractivity contribution is -0.286. The Morgan fingerprint density at radius 3 is 2.57 bits per heavy atom. The van der Waals surface area contributed by atoms with E-state index in [1.54, 1.807) is 24.3 Å². The number of carbonyl (C=O) groups excluding carboxylic acids is 1. The first-order chi connectivity index (χ1) is 10.0. The van der Waals surface area contributed by atoms with Gasteiger partial charge in [-0.1, -0.05) is 6.07 Å². The number of aldehydes is 1. The number of hydrogen-bond acceptors (Lipinski definition) is 4. The number of methoxy groups -OCH3 is 1. The van der Waals surface area contributed by atoms with Gasteiger partial charge in [-0.15, -0.1) is 8.78 Å². The molecule has 0 bridgehead atoms. The molecule has 0 amide bonds. The molecule has 108 valence electrons. The Kier molecular flexibility index (Phi) is 3.01. The van der Waals surface area contributed by atoms with Crippen molar-refractivity contribution in [3.63, 3.8) is 0 Å². The SMILES string of the molecule is COc1ccc(C=O)cc1-c1ccc2c(c1)OC(F)(F)O2. The standard InChI is InChI=1S/C15H10F2O4/c1-19-12-4-2-9(8-18)6-11(12)10-3-5-13-14(7-10)21-15(16,17)20-13/h2-8H,1H3. The van der Waals surface area contributed by atoms with Crippen molar-refractivity contribution in [2.75, 3.05) is 7.11 Å². The smallest absolute Gasteiger partial charge is 0.496 e. The van der Waals surface area contributed by atoms with Gasteiger partial charge >= 0.3 is 6.29 Å². The van der Waals surface area contributed by atoms with E-state index in [9.17, 15) is 13.6 Å². The van der Waals surface area contributed by atoms with E-state index >= 15 is 0 Å². The molecule has 6 heteroatoms. The van der Waals surface area contributed by atoms with Crippen molar-refractivity contribution in [2.24, 2.45) is 0 Å². The second kappa shape index (κ2) is 4.73. The molecule has 0 atom stereocenters. The Balaban J connectivity index is 2.08. The maximum atomic E-state index is 13.0. The van der Waals surface area contributed by atoms with E-state index in [0.29, 0.717) is 28.7 Å². The van der Waals surface area contributed by atoms with Gasteiger partial charge in [0, 0.05) is 11.1 Å². The molecule has 3 rings (SSSR count). The second-order valence-corrected chi connectivity index (χ2v) is 4.41. The average molecular weight is 292 g/mol. The molecule has 0 unspecified atom stereocenters. The molecule has 0 aliphatic carbocycles. The van der Waals surface area contributed by atoms with E-state index in [0.717, 1.165) is 0 Å². The van der Waals surface area contributed by atoms with Crippen LogP contribution < -0.4 is 14.2 Å². The molecular weight excluding hydrogens is 282 g/mol. The number of alkyl halides is 2. The van der Waals surface area contributed by atoms with Crippen LogP contribution >= 0.6 is 0 Å². The van der Waals surface area contributed by atoms with Gasteiger partial charge in [0.15, 0.2) is 11.5 Å². The number of benzene rings is 2. The Hall–Kier alpha value is -2.63. The Labute approximate surface area is 118 Å². The van der Waals surface area contributed by atoms with Crippen LogP contribution in [0.4, 0.5) is 8.78 Å². The highest BCUT2D eigenvalue weighted by Gasteiger charge is 2.43. The van der Waals surface area contributed by atoms with Crippen LogP contribution in [0.2, 0.25) is 0 Å². The number of halogens is 2. The first kappa shape index (κ1) is 13.4. The average Bonchev–Trinajstić information content (AvgIpc) is 2.79. The summed E-state index contributed by atoms with van der Waals surface area (Å²) in [6, 6.07) is 9.26. The number of ether oxygens (including phenoxy) is 3. The number of carbonyl (C=O) groups is 1. The Morgan fingerprint density at radius 2 is 1.86 bits per heavy atom. The summed E-state index contributed by atoms with van der Waals surface area (Å²) in [6.07, 6.45) is -2.96. The summed E-state index contributed by atoms with van der Waals surface area (Å²) < 4.78 is 40.0. The van der Waals surface area contributed by atoms with Crippen LogP contribution in [-0.4, -0.2) is 19.7 Å². The molecule has 2 aromatic rings. The molecule has 1 aliphatic rings. The minimum absolute atomic E-state index is 0.0331. The topological polar surface area (TPSA) is 44.8 Å². The molecule has 0 saturated heterocycles. The van der Waals surface area contributed by atoms with E-state index in [1.165, 1.54) is 19.2 Å². The molecule has 0 fully saturated rings. The fraction of sp³-hybridized carbons (Fsp3) is 0.133. The third kappa shape index (κ3) is 2.40. The van der Waals surface area contributed by atoms with Crippen molar-refractivity contribution in [3.05, 3.63) is 42.0 Å². The van der Waals surface area contributed by atoms with Crippen LogP contribution in [0.3, 0.4) is 0 Å². The minimum atomic E-state index is -3.66. The van der Waals surface area contributed by atoms with Gasteiger partial charge in [-0.2, -0.15) is 0 Å². The van der Waals surface area contributed by atoms with E-state index in [4.69, 9.17) is 4.74 Å². The highest BCUT2D eigenvalue weighted by atomic mass is 19.3. The van der Waals surface area contributed by atoms with Gasteiger partial charge in [0.05, 0.1) is 7.11 Å². The molecule has 2 aromatic carbocycles. The molecule has 4 nitrogen and oxygen atoms in total. The summed E-state index contributed by atoms with van der Waals surface area (Å²) in [6.45, 7) is 0. The first-order valence-electron chi connectivity index (χ1n) is 6.06. The zero-order chi connectivity index (χ0) is 15.0. The highest BCUT2D eigenvalue weighted by Crippen LogP contribution is 2.44. The largest absolute Gasteiger partial charge is 0.586 e. The van der Waals surface area contributed by atoms with Crippen molar-refractivity contribution < 1.29 is 27.8 Å². The van der Waals surface area contributed by atoms with Crippen molar-refractivity contribution in [1.82, 2.24) is 0 Å². The van der Waals surface area contributed by atoms with E-state index in [2.05, 4.69) is 9.47 Å². The Morgan fingerprint density at radius 1 is 1.10 bits per heavy atom. The van der Waals surface area contributed by atoms with E-state index in [1.807, 2.05) is 0 Å². The monoisotopic (exact) mass is 292 g/mol. The molecule has 21 heavy (non-hydrogen) atoms. The van der Waals surface area contributed by atoms with Crippen LogP contribution in [-0.2, 0) is 0 Å². The zero-order valence-corrected chi connectivity index (χ0v) is 10.9. The normalized spacial score (nSPS) is 14.8. The molecule has 0 N–H and O–H groups in total. The molecule has 0 aromatic heterocycles. The molecule has 0 saturated carbocycles. The zero-order valence-electron chi connectivity index (χ0n) is 10.9. The van der Waals surface area contributed by atoms with Gasteiger partial charge in [0.2, 0.25) is 0 Å². The van der Waals surface area contributed by atoms with Crippen LogP contribution in [0, 0.1) is 0 Å². The summed E-state index contributed by atoms with van der Waals surface area (Å²) >= 11 is 0. The van der Waals surface area contributed by atoms with Gasteiger partial charge in [0.25, 0.3) is 0 Å². The summed E-state index contributed by atoms with van der Waals surface area (Å²) in [7, 11) is 1.49. The third-order valence-corrected chi connectivity index (χ3v) is 3.07. The maximum absolute atomic E-state index is 13.0. The van der Waals surface area contributed by atoms with Gasteiger partial charge in [-0.05, 0) is 35.9 Å². The lowest BCUT2D eigenvalue weighted by Crippen LogP contribution is -2.25. The third-order valence-electron chi connectivity index (χ3n) is 3.07. The molecular formula is C15H10F2O4. The maximum Gasteiger partial charge on any atom is 0.586 e. The molecule has 0 spiro atoms. The van der Waals surface area contributed by atoms with Crippen LogP contribution in [0.15, 0.2) is 36.4 Å². The van der Waals surface area contributed by atoms with Crippen LogP contribution in [0.25, 0.3) is 11.1 Å². The minimum Gasteiger partial charge on any atom is -0.496 e. The first-order valence-corrected chi connectivity index (χ1v) is 6.06. The Bertz CT molecular complexity index is 713. The van der Waals surface area contributed by atoms with Crippen LogP contribution in [0.5, 0.6) is 17.2 Å². The van der Waals surface area contributed by atoms with Crippen molar-refractivity contribution in [3.8, 4) is 28.4 Å². The quantitative estimate of drug-likeness (QED) is 0.812. The number of hydrogen-bond donors (Lipinski definition) is 0. The van der Waals surface area contributed by atoms with Gasteiger partial charge in [0.1, 0.15) is 12.0 Å². The summed E-state index contributed by atoms with van der Waals surface area (Å²) in [4.78, 5) is 10.9. The lowest BCUT2D eigenvalue weighted by Gasteiger charge is -2.09. The summed E-state index contributed by atoms with van der Waals surface area (Å²) in [5.41, 5.74) is 1.63. The van der Waals surface area contributed by atoms with Gasteiger partial charge in [-0.3, -0.25) is 4.79 Å². The number of fused-ring (bicyclic) bond motifs is 1. The summed E-state index contributed by atoms with van der Waals surface area (Å²) in [5, 5.41) is 0. The van der Waals surface area contributed by atoms with Crippen molar-refractivity contribution in [2.45, 2.75) is 6.29 Å². The lowest BCUT2D eigenvalue weighted by atomic mass is 10.0. The predicted molar refractivity (Wildman–Crippen MR) is 70.0 cm³/mol. The highest BCUT2D eigenvalue weighted by molar-refractivity contribution is 5.82. The van der Waals surface area contributed by atoms with E-state index in [-0.39, 0.29) is 11.5 Å². The molecule has 1 aliphatic heterocycles. The summed E-state index contributed by atoms with van der Waals surface area (Å²) in [5.74, 6) is 0.427. The van der Waals surface area contributed by atoms with E-state index < -0.39 is 6.29 Å². The van der Waals surface area contributed by atoms with Crippen LogP contribution in [0.1, 0.15) is 10.4 Å². The van der Waals surface area contributed by atoms with Crippen molar-refractivity contribution in [1.29, 1.82) is 0 Å². The second-order valence-electron chi connectivity index (χ2n) is 4.41. The number of rotatable bonds is 3.